The van der Waals surface area contributed by atoms with Crippen molar-refractivity contribution in [2.24, 2.45) is 17.8 Å². The predicted octanol–water partition coefficient (Wildman–Crippen LogP) is 1.54. The van der Waals surface area contributed by atoms with E-state index >= 15 is 0 Å². The number of urea groups is 1. The minimum absolute atomic E-state index is 0.0629. The van der Waals surface area contributed by atoms with Gasteiger partial charge in [0.15, 0.2) is 0 Å². The number of benzene rings is 1. The summed E-state index contributed by atoms with van der Waals surface area (Å²) in [5.41, 5.74) is 0.334. The zero-order chi connectivity index (χ0) is 18.4. The molecule has 3 aliphatic rings. The average Bonchev–Trinajstić information content (AvgIpc) is 3.21. The van der Waals surface area contributed by atoms with Gasteiger partial charge in [-0.3, -0.25) is 14.5 Å². The van der Waals surface area contributed by atoms with Crippen molar-refractivity contribution < 1.29 is 23.9 Å². The number of nitrogens with zero attached hydrogens (tertiary/aromatic N) is 2. The molecular formula is C18H20FN3O4. The Balaban J connectivity index is 1.58. The molecule has 1 aromatic carbocycles. The fraction of sp³-hybridized carbons (Fsp3) is 0.500. The predicted molar refractivity (Wildman–Crippen MR) is 90.4 cm³/mol. The monoisotopic (exact) mass is 361 g/mol. The van der Waals surface area contributed by atoms with Gasteiger partial charge in [0.05, 0.1) is 11.5 Å². The van der Waals surface area contributed by atoms with E-state index in [1.54, 1.807) is 0 Å². The van der Waals surface area contributed by atoms with Gasteiger partial charge in [0.1, 0.15) is 5.82 Å². The van der Waals surface area contributed by atoms with Crippen LogP contribution in [0, 0.1) is 23.6 Å². The highest BCUT2D eigenvalue weighted by molar-refractivity contribution is 5.99. The molecule has 0 bridgehead atoms. The van der Waals surface area contributed by atoms with Crippen LogP contribution in [0.15, 0.2) is 18.2 Å². The van der Waals surface area contributed by atoms with Gasteiger partial charge in [-0.15, -0.1) is 0 Å². The third-order valence-corrected chi connectivity index (χ3v) is 5.55. The molecule has 8 heteroatoms. The van der Waals surface area contributed by atoms with E-state index in [9.17, 15) is 23.9 Å². The number of hydrogen-bond donors (Lipinski definition) is 2. The highest BCUT2D eigenvalue weighted by atomic mass is 19.1. The first kappa shape index (κ1) is 16.8. The third-order valence-electron chi connectivity index (χ3n) is 5.55. The van der Waals surface area contributed by atoms with Crippen molar-refractivity contribution in [1.29, 1.82) is 0 Å². The summed E-state index contributed by atoms with van der Waals surface area (Å²) in [6.45, 7) is 1.39. The van der Waals surface area contributed by atoms with E-state index in [-0.39, 0.29) is 24.1 Å². The number of anilines is 1. The molecule has 1 saturated carbocycles. The second kappa shape index (κ2) is 6.26. The molecule has 2 N–H and O–H groups in total. The van der Waals surface area contributed by atoms with Gasteiger partial charge in [0, 0.05) is 31.9 Å². The molecule has 4 rings (SSSR count). The highest BCUT2D eigenvalue weighted by Gasteiger charge is 2.47. The number of amides is 3. The van der Waals surface area contributed by atoms with Gasteiger partial charge >= 0.3 is 12.0 Å². The maximum absolute atomic E-state index is 14.3. The van der Waals surface area contributed by atoms with Gasteiger partial charge in [-0.25, -0.2) is 9.18 Å². The van der Waals surface area contributed by atoms with Gasteiger partial charge in [-0.1, -0.05) is 0 Å². The average molecular weight is 361 g/mol. The van der Waals surface area contributed by atoms with E-state index < -0.39 is 23.6 Å². The van der Waals surface area contributed by atoms with Crippen molar-refractivity contribution in [3.8, 4) is 0 Å². The molecule has 2 aliphatic heterocycles. The van der Waals surface area contributed by atoms with Gasteiger partial charge in [0.2, 0.25) is 0 Å². The number of rotatable bonds is 4. The lowest BCUT2D eigenvalue weighted by atomic mass is 9.92. The number of carbonyl (C=O) groups is 3. The maximum atomic E-state index is 14.3. The summed E-state index contributed by atoms with van der Waals surface area (Å²) < 4.78 is 14.3. The number of likely N-dealkylation sites (tertiary alicyclic amines) is 1. The van der Waals surface area contributed by atoms with Gasteiger partial charge in [-0.05, 0) is 42.9 Å². The van der Waals surface area contributed by atoms with Crippen LogP contribution in [0.25, 0.3) is 0 Å². The van der Waals surface area contributed by atoms with Crippen molar-refractivity contribution in [3.63, 3.8) is 0 Å². The standard InChI is InChI=1S/C18H20FN3O4/c19-15-4-3-11(22-6-5-20-18(22)26)7-12(15)16(23)21-8-13(10-1-2-10)14(9-21)17(24)25/h3-4,7,10,13-14H,1-2,5-6,8-9H2,(H,20,26)(H,24,25)/t13-,14+/m1/s1. The largest absolute Gasteiger partial charge is 0.481 e. The van der Waals surface area contributed by atoms with Crippen LogP contribution in [0.3, 0.4) is 0 Å². The van der Waals surface area contributed by atoms with Crippen LogP contribution < -0.4 is 10.2 Å². The number of carboxylic acid groups (broad SMARTS) is 1. The molecule has 2 atom stereocenters. The van der Waals surface area contributed by atoms with Crippen molar-refractivity contribution in [2.75, 3.05) is 31.1 Å². The normalized spacial score (nSPS) is 25.5. The summed E-state index contributed by atoms with van der Waals surface area (Å²) in [5, 5.41) is 12.1. The van der Waals surface area contributed by atoms with Crippen LogP contribution in [0.5, 0.6) is 0 Å². The lowest BCUT2D eigenvalue weighted by Crippen LogP contribution is -2.31. The summed E-state index contributed by atoms with van der Waals surface area (Å²) in [4.78, 5) is 39.1. The third kappa shape index (κ3) is 2.89. The number of hydrogen-bond acceptors (Lipinski definition) is 3. The lowest BCUT2D eigenvalue weighted by molar-refractivity contribution is -0.142. The zero-order valence-electron chi connectivity index (χ0n) is 14.2. The molecule has 7 nitrogen and oxygen atoms in total. The van der Waals surface area contributed by atoms with Crippen LogP contribution in [-0.4, -0.2) is 54.1 Å². The second-order valence-electron chi connectivity index (χ2n) is 7.20. The molecular weight excluding hydrogens is 341 g/mol. The fourth-order valence-corrected chi connectivity index (χ4v) is 3.99. The Morgan fingerprint density at radius 2 is 2.00 bits per heavy atom. The molecule has 3 amide bonds. The summed E-state index contributed by atoms with van der Waals surface area (Å²) in [6, 6.07) is 3.74. The van der Waals surface area contributed by atoms with Crippen molar-refractivity contribution in [3.05, 3.63) is 29.6 Å². The second-order valence-corrected chi connectivity index (χ2v) is 7.20. The van der Waals surface area contributed by atoms with Gasteiger partial charge < -0.3 is 15.3 Å². The first-order valence-electron chi connectivity index (χ1n) is 8.82. The fourth-order valence-electron chi connectivity index (χ4n) is 3.99. The molecule has 2 saturated heterocycles. The molecule has 1 aliphatic carbocycles. The summed E-state index contributed by atoms with van der Waals surface area (Å²) in [7, 11) is 0. The maximum Gasteiger partial charge on any atom is 0.321 e. The zero-order valence-corrected chi connectivity index (χ0v) is 14.2. The Labute approximate surface area is 149 Å². The van der Waals surface area contributed by atoms with Crippen LogP contribution in [0.2, 0.25) is 0 Å². The number of aliphatic carboxylic acids is 1. The molecule has 0 aromatic heterocycles. The van der Waals surface area contributed by atoms with Crippen molar-refractivity contribution >= 4 is 23.6 Å². The Morgan fingerprint density at radius 3 is 2.62 bits per heavy atom. The minimum Gasteiger partial charge on any atom is -0.481 e. The minimum atomic E-state index is -0.903. The molecule has 2 heterocycles. The van der Waals surface area contributed by atoms with Crippen LogP contribution in [0.4, 0.5) is 14.9 Å². The Hall–Kier alpha value is -2.64. The molecule has 26 heavy (non-hydrogen) atoms. The molecule has 0 spiro atoms. The number of carboxylic acids is 1. The van der Waals surface area contributed by atoms with Crippen LogP contribution >= 0.6 is 0 Å². The topological polar surface area (TPSA) is 89.9 Å². The Morgan fingerprint density at radius 1 is 1.23 bits per heavy atom. The first-order chi connectivity index (χ1) is 12.5. The van der Waals surface area contributed by atoms with E-state index in [1.165, 1.54) is 28.0 Å². The molecule has 3 fully saturated rings. The Kier molecular flexibility index (Phi) is 4.05. The van der Waals surface area contributed by atoms with Gasteiger partial charge in [0.25, 0.3) is 5.91 Å². The first-order valence-corrected chi connectivity index (χ1v) is 8.82. The SMILES string of the molecule is O=C(O)[C@H]1CN(C(=O)c2cc(N3CCNC3=O)ccc2F)C[C@@H]1C1CC1. The summed E-state index contributed by atoms with van der Waals surface area (Å²) in [6.07, 6.45) is 1.98. The van der Waals surface area contributed by atoms with Gasteiger partial charge in [-0.2, -0.15) is 0 Å². The van der Waals surface area contributed by atoms with Crippen LogP contribution in [-0.2, 0) is 4.79 Å². The van der Waals surface area contributed by atoms with E-state index in [0.717, 1.165) is 12.8 Å². The summed E-state index contributed by atoms with van der Waals surface area (Å²) >= 11 is 0. The lowest BCUT2D eigenvalue weighted by Gasteiger charge is -2.19. The van der Waals surface area contributed by atoms with E-state index in [0.29, 0.717) is 31.2 Å². The summed E-state index contributed by atoms with van der Waals surface area (Å²) in [5.74, 6) is -2.40. The van der Waals surface area contributed by atoms with E-state index in [1.807, 2.05) is 0 Å². The number of halogens is 1. The highest BCUT2D eigenvalue weighted by Crippen LogP contribution is 2.44. The number of nitrogens with one attached hydrogen (secondary N) is 1. The Bertz CT molecular complexity index is 780. The van der Waals surface area contributed by atoms with Crippen molar-refractivity contribution in [2.45, 2.75) is 12.8 Å². The molecule has 0 unspecified atom stereocenters. The smallest absolute Gasteiger partial charge is 0.321 e. The van der Waals surface area contributed by atoms with E-state index in [2.05, 4.69) is 5.32 Å². The molecule has 0 radical (unpaired) electrons. The van der Waals surface area contributed by atoms with Crippen molar-refractivity contribution in [1.82, 2.24) is 10.2 Å². The molecule has 138 valence electrons. The van der Waals surface area contributed by atoms with Crippen LogP contribution in [0.1, 0.15) is 23.2 Å². The van der Waals surface area contributed by atoms with E-state index in [4.69, 9.17) is 0 Å². The molecule has 1 aromatic rings. The number of carbonyl (C=O) groups excluding carboxylic acids is 2. The quantitative estimate of drug-likeness (QED) is 0.851.